The van der Waals surface area contributed by atoms with Gasteiger partial charge in [0.05, 0.1) is 11.9 Å². The van der Waals surface area contributed by atoms with Crippen molar-refractivity contribution < 1.29 is 9.53 Å². The van der Waals surface area contributed by atoms with Crippen molar-refractivity contribution in [1.82, 2.24) is 9.55 Å². The third-order valence-corrected chi connectivity index (χ3v) is 3.99. The largest absolute Gasteiger partial charge is 0.451 e. The summed E-state index contributed by atoms with van der Waals surface area (Å²) in [6.45, 7) is 0. The number of fused-ring (bicyclic) bond motifs is 1. The number of cyclic esters (lactones) is 1. The van der Waals surface area contributed by atoms with E-state index >= 15 is 0 Å². The van der Waals surface area contributed by atoms with E-state index in [1.165, 1.54) is 0 Å². The summed E-state index contributed by atoms with van der Waals surface area (Å²) in [6.07, 6.45) is 5.03. The number of carbonyl (C=O) groups excluding carboxylic acids is 1. The molecule has 0 amide bonds. The fraction of sp³-hybridized carbons (Fsp3) is 0.111. The van der Waals surface area contributed by atoms with Crippen LogP contribution in [-0.4, -0.2) is 15.5 Å². The van der Waals surface area contributed by atoms with Gasteiger partial charge in [0.25, 0.3) is 0 Å². The Bertz CT molecular complexity index is 797. The molecule has 0 bridgehead atoms. The van der Waals surface area contributed by atoms with Crippen LogP contribution in [0.1, 0.15) is 33.6 Å². The quantitative estimate of drug-likeness (QED) is 0.680. The van der Waals surface area contributed by atoms with E-state index in [1.807, 2.05) is 65.4 Å². The Morgan fingerprint density at radius 3 is 2.55 bits per heavy atom. The monoisotopic (exact) mass is 290 g/mol. The number of hydrogen-bond acceptors (Lipinski definition) is 3. The predicted molar refractivity (Wildman–Crippen MR) is 81.4 cm³/mol. The van der Waals surface area contributed by atoms with E-state index in [0.29, 0.717) is 5.56 Å². The number of rotatable bonds is 2. The summed E-state index contributed by atoms with van der Waals surface area (Å²) in [7, 11) is 0. The topological polar surface area (TPSA) is 44.1 Å². The molecule has 1 aliphatic rings. The van der Waals surface area contributed by atoms with E-state index < -0.39 is 0 Å². The van der Waals surface area contributed by atoms with E-state index in [4.69, 9.17) is 4.74 Å². The first-order chi connectivity index (χ1) is 10.8. The van der Waals surface area contributed by atoms with Gasteiger partial charge in [0.15, 0.2) is 6.10 Å². The van der Waals surface area contributed by atoms with Crippen LogP contribution in [-0.2, 0) is 4.74 Å². The molecule has 2 heterocycles. The maximum Gasteiger partial charge on any atom is 0.339 e. The predicted octanol–water partition coefficient (Wildman–Crippen LogP) is 3.38. The molecular weight excluding hydrogens is 276 g/mol. The lowest BCUT2D eigenvalue weighted by Crippen LogP contribution is -2.30. The van der Waals surface area contributed by atoms with Gasteiger partial charge >= 0.3 is 5.97 Å². The number of esters is 1. The van der Waals surface area contributed by atoms with Gasteiger partial charge in [-0.2, -0.15) is 0 Å². The molecule has 1 aromatic heterocycles. The third-order valence-electron chi connectivity index (χ3n) is 3.99. The fourth-order valence-corrected chi connectivity index (χ4v) is 2.99. The first-order valence-electron chi connectivity index (χ1n) is 7.17. The first kappa shape index (κ1) is 12.8. The summed E-state index contributed by atoms with van der Waals surface area (Å²) >= 11 is 0. The number of ether oxygens (including phenoxy) is 1. The first-order valence-corrected chi connectivity index (χ1v) is 7.17. The van der Waals surface area contributed by atoms with Crippen molar-refractivity contribution in [3.8, 4) is 0 Å². The van der Waals surface area contributed by atoms with E-state index in [9.17, 15) is 4.79 Å². The molecule has 0 saturated heterocycles. The number of carbonyl (C=O) groups is 1. The molecule has 3 aromatic rings. The molecule has 2 unspecified atom stereocenters. The van der Waals surface area contributed by atoms with E-state index in [-0.39, 0.29) is 18.1 Å². The Morgan fingerprint density at radius 1 is 1.00 bits per heavy atom. The van der Waals surface area contributed by atoms with Gasteiger partial charge in [0, 0.05) is 12.4 Å². The molecule has 22 heavy (non-hydrogen) atoms. The highest BCUT2D eigenvalue weighted by Gasteiger charge is 2.37. The van der Waals surface area contributed by atoms with Crippen molar-refractivity contribution in [3.63, 3.8) is 0 Å². The van der Waals surface area contributed by atoms with Crippen LogP contribution in [0.15, 0.2) is 73.3 Å². The van der Waals surface area contributed by atoms with E-state index in [1.54, 1.807) is 12.5 Å². The summed E-state index contributed by atoms with van der Waals surface area (Å²) in [5.41, 5.74) is 2.56. The minimum Gasteiger partial charge on any atom is -0.451 e. The van der Waals surface area contributed by atoms with Gasteiger partial charge in [0.1, 0.15) is 6.04 Å². The average molecular weight is 290 g/mol. The van der Waals surface area contributed by atoms with Crippen LogP contribution < -0.4 is 0 Å². The third kappa shape index (κ3) is 2.00. The lowest BCUT2D eigenvalue weighted by molar-refractivity contribution is 0.0133. The summed E-state index contributed by atoms with van der Waals surface area (Å²) in [5.74, 6) is -0.277. The molecule has 0 saturated carbocycles. The highest BCUT2D eigenvalue weighted by molar-refractivity contribution is 5.92. The van der Waals surface area contributed by atoms with Crippen molar-refractivity contribution in [1.29, 1.82) is 0 Å². The zero-order chi connectivity index (χ0) is 14.9. The molecule has 2 atom stereocenters. The van der Waals surface area contributed by atoms with Crippen molar-refractivity contribution in [2.45, 2.75) is 12.1 Å². The second kappa shape index (κ2) is 5.15. The molecule has 0 spiro atoms. The molecule has 0 N–H and O–H groups in total. The Hall–Kier alpha value is -2.88. The number of hydrogen-bond donors (Lipinski definition) is 0. The van der Waals surface area contributed by atoms with Crippen molar-refractivity contribution in [2.75, 3.05) is 0 Å². The number of aromatic nitrogens is 2. The van der Waals surface area contributed by atoms with Crippen molar-refractivity contribution >= 4 is 5.97 Å². The second-order valence-electron chi connectivity index (χ2n) is 5.28. The zero-order valence-corrected chi connectivity index (χ0v) is 11.8. The van der Waals surface area contributed by atoms with Gasteiger partial charge in [-0.3, -0.25) is 0 Å². The average Bonchev–Trinajstić information content (AvgIpc) is 3.10. The summed E-state index contributed by atoms with van der Waals surface area (Å²) in [6, 6.07) is 17.3. The van der Waals surface area contributed by atoms with E-state index in [0.717, 1.165) is 11.1 Å². The van der Waals surface area contributed by atoms with Crippen LogP contribution in [0, 0.1) is 0 Å². The Balaban J connectivity index is 1.90. The fourth-order valence-electron chi connectivity index (χ4n) is 2.99. The summed E-state index contributed by atoms with van der Waals surface area (Å²) < 4.78 is 7.74. The second-order valence-corrected chi connectivity index (χ2v) is 5.28. The SMILES string of the molecule is O=C1OC(c2ccccc2)C(n2ccnc2)c2ccccc21. The van der Waals surface area contributed by atoms with Crippen molar-refractivity contribution in [2.24, 2.45) is 0 Å². The number of imidazole rings is 1. The highest BCUT2D eigenvalue weighted by Crippen LogP contribution is 2.41. The maximum atomic E-state index is 12.3. The van der Waals surface area contributed by atoms with Crippen LogP contribution in [0.5, 0.6) is 0 Å². The number of nitrogens with zero attached hydrogens (tertiary/aromatic N) is 2. The minimum atomic E-state index is -0.363. The smallest absolute Gasteiger partial charge is 0.339 e. The van der Waals surface area contributed by atoms with Crippen molar-refractivity contribution in [3.05, 3.63) is 90.0 Å². The molecule has 2 aromatic carbocycles. The minimum absolute atomic E-state index is 0.112. The molecule has 1 aliphatic heterocycles. The van der Waals surface area contributed by atoms with E-state index in [2.05, 4.69) is 4.98 Å². The lowest BCUT2D eigenvalue weighted by Gasteiger charge is -2.34. The molecule has 4 nitrogen and oxygen atoms in total. The molecular formula is C18H14N2O2. The molecule has 4 rings (SSSR count). The molecule has 0 aliphatic carbocycles. The van der Waals surface area contributed by atoms with Gasteiger partial charge in [-0.1, -0.05) is 48.5 Å². The van der Waals surface area contributed by atoms with Crippen LogP contribution in [0.2, 0.25) is 0 Å². The standard InChI is InChI=1S/C18H14N2O2/c21-18-15-9-5-4-8-14(15)16(20-11-10-19-12-20)17(22-18)13-6-2-1-3-7-13/h1-12,16-17H. The molecule has 0 radical (unpaired) electrons. The maximum absolute atomic E-state index is 12.3. The highest BCUT2D eigenvalue weighted by atomic mass is 16.5. The van der Waals surface area contributed by atoms with Crippen LogP contribution >= 0.6 is 0 Å². The van der Waals surface area contributed by atoms with Crippen LogP contribution in [0.25, 0.3) is 0 Å². The lowest BCUT2D eigenvalue weighted by atomic mass is 9.89. The van der Waals surface area contributed by atoms with Gasteiger partial charge in [-0.05, 0) is 17.2 Å². The molecule has 4 heteroatoms. The summed E-state index contributed by atoms with van der Waals surface area (Å²) in [4.78, 5) is 16.5. The number of benzene rings is 2. The van der Waals surface area contributed by atoms with Gasteiger partial charge in [0.2, 0.25) is 0 Å². The Morgan fingerprint density at radius 2 is 1.77 bits per heavy atom. The normalized spacial score (nSPS) is 20.3. The Kier molecular flexibility index (Phi) is 3.00. The van der Waals surface area contributed by atoms with Gasteiger partial charge in [-0.15, -0.1) is 0 Å². The molecule has 0 fully saturated rings. The van der Waals surface area contributed by atoms with Crippen LogP contribution in [0.4, 0.5) is 0 Å². The van der Waals surface area contributed by atoms with Gasteiger partial charge in [-0.25, -0.2) is 9.78 Å². The van der Waals surface area contributed by atoms with Crippen LogP contribution in [0.3, 0.4) is 0 Å². The summed E-state index contributed by atoms with van der Waals surface area (Å²) in [5, 5.41) is 0. The van der Waals surface area contributed by atoms with Gasteiger partial charge < -0.3 is 9.30 Å². The Labute approximate surface area is 128 Å². The molecule has 108 valence electrons. The zero-order valence-electron chi connectivity index (χ0n) is 11.8.